The number of hydrogen-bond acceptors (Lipinski definition) is 8. The van der Waals surface area contributed by atoms with E-state index in [2.05, 4.69) is 149 Å². The third-order valence-electron chi connectivity index (χ3n) is 11.5. The number of aliphatic imine (C=N–C) groups is 1. The van der Waals surface area contributed by atoms with Gasteiger partial charge in [0.25, 0.3) is 8.32 Å². The van der Waals surface area contributed by atoms with Crippen molar-refractivity contribution in [2.45, 2.75) is 153 Å². The van der Waals surface area contributed by atoms with Gasteiger partial charge >= 0.3 is 5.97 Å². The van der Waals surface area contributed by atoms with Gasteiger partial charge in [0.1, 0.15) is 18.2 Å². The second kappa shape index (κ2) is 15.3. The first-order valence-electron chi connectivity index (χ1n) is 18.6. The van der Waals surface area contributed by atoms with Gasteiger partial charge < -0.3 is 22.8 Å². The standard InChI is InChI=1S/C40H65NO6SSi3/c1-16-43-33(42)27-40-36(41-29(2)48-40)35(47-50(14,15)38(6,7)8)34(46-49(12,13)37(3,4)5)32(45-40)28-44-51(39(9,10)11,30-23-19-17-20-24-30)31-25-21-18-22-26-31/h17-26,32,34-36H,16,27-28H2,1-15H3/t32-,34+,35+,36-,40-/m1/s1. The minimum atomic E-state index is -2.96. The van der Waals surface area contributed by atoms with Crippen LogP contribution in [0.5, 0.6) is 0 Å². The summed E-state index contributed by atoms with van der Waals surface area (Å²) in [6.07, 6.45) is -1.43. The van der Waals surface area contributed by atoms with E-state index < -0.39 is 54.2 Å². The number of esters is 1. The van der Waals surface area contributed by atoms with Crippen molar-refractivity contribution in [3.63, 3.8) is 0 Å². The van der Waals surface area contributed by atoms with Gasteiger partial charge in [-0.05, 0) is 65.5 Å². The summed E-state index contributed by atoms with van der Waals surface area (Å²) in [5, 5.41) is 2.90. The van der Waals surface area contributed by atoms with Gasteiger partial charge in [0.2, 0.25) is 0 Å². The zero-order valence-electron chi connectivity index (χ0n) is 34.0. The summed E-state index contributed by atoms with van der Waals surface area (Å²) in [7, 11) is -7.76. The first-order chi connectivity index (χ1) is 23.4. The van der Waals surface area contributed by atoms with Crippen molar-refractivity contribution in [3.8, 4) is 0 Å². The molecule has 2 aliphatic heterocycles. The third kappa shape index (κ3) is 8.71. The van der Waals surface area contributed by atoms with Crippen molar-refractivity contribution < 1.29 is 27.5 Å². The highest BCUT2D eigenvalue weighted by atomic mass is 32.2. The molecule has 0 bridgehead atoms. The second-order valence-corrected chi connectivity index (χ2v) is 33.6. The lowest BCUT2D eigenvalue weighted by Crippen LogP contribution is -2.70. The molecule has 0 unspecified atom stereocenters. The van der Waals surface area contributed by atoms with Crippen molar-refractivity contribution >= 4 is 58.1 Å². The number of thioether (sulfide) groups is 1. The average molecular weight is 772 g/mol. The van der Waals surface area contributed by atoms with Crippen LogP contribution in [0.15, 0.2) is 65.7 Å². The molecule has 51 heavy (non-hydrogen) atoms. The van der Waals surface area contributed by atoms with E-state index >= 15 is 0 Å². The molecule has 2 aromatic carbocycles. The van der Waals surface area contributed by atoms with Crippen molar-refractivity contribution in [2.75, 3.05) is 13.2 Å². The summed E-state index contributed by atoms with van der Waals surface area (Å²) in [5.74, 6) is -0.304. The SMILES string of the molecule is CCOC(=O)C[C@]12O[C@H](CO[Si](c3ccccc3)(c3ccccc3)C(C)(C)C)[C@H](O[Si](C)(C)C(C)(C)C)[C@H](O[Si](C)(C)C(C)(C)C)[C@H]1N=C(C)S2. The molecule has 0 aliphatic carbocycles. The summed E-state index contributed by atoms with van der Waals surface area (Å²) >= 11 is 1.52. The summed E-state index contributed by atoms with van der Waals surface area (Å²) in [6, 6.07) is 20.9. The summed E-state index contributed by atoms with van der Waals surface area (Å²) in [5.41, 5.74) is 0. The Morgan fingerprint density at radius 2 is 1.25 bits per heavy atom. The van der Waals surface area contributed by atoms with E-state index in [1.165, 1.54) is 22.1 Å². The average Bonchev–Trinajstić information content (AvgIpc) is 3.33. The van der Waals surface area contributed by atoms with Crippen LogP contribution in [-0.4, -0.2) is 78.5 Å². The molecule has 284 valence electrons. The van der Waals surface area contributed by atoms with Crippen molar-refractivity contribution in [3.05, 3.63) is 60.7 Å². The second-order valence-electron chi connectivity index (χ2n) is 18.3. The maximum absolute atomic E-state index is 13.4. The summed E-state index contributed by atoms with van der Waals surface area (Å²) in [4.78, 5) is 17.6. The first-order valence-corrected chi connectivity index (χ1v) is 27.1. The van der Waals surface area contributed by atoms with Gasteiger partial charge in [0.05, 0.1) is 30.8 Å². The molecular formula is C40H65NO6SSi3. The molecule has 1 fully saturated rings. The van der Waals surface area contributed by atoms with Crippen molar-refractivity contribution in [2.24, 2.45) is 4.99 Å². The van der Waals surface area contributed by atoms with Gasteiger partial charge in [-0.3, -0.25) is 9.79 Å². The zero-order chi connectivity index (χ0) is 38.3. The Hall–Kier alpha value is -1.58. The highest BCUT2D eigenvalue weighted by molar-refractivity contribution is 8.15. The molecule has 1 saturated heterocycles. The number of fused-ring (bicyclic) bond motifs is 1. The van der Waals surface area contributed by atoms with Gasteiger partial charge in [-0.1, -0.05) is 135 Å². The number of hydrogen-bond donors (Lipinski definition) is 0. The van der Waals surface area contributed by atoms with Crippen LogP contribution in [0, 0.1) is 0 Å². The van der Waals surface area contributed by atoms with Gasteiger partial charge in [-0.2, -0.15) is 0 Å². The molecule has 0 amide bonds. The van der Waals surface area contributed by atoms with E-state index in [1.807, 2.05) is 13.8 Å². The van der Waals surface area contributed by atoms with Gasteiger partial charge in [0.15, 0.2) is 21.6 Å². The summed E-state index contributed by atoms with van der Waals surface area (Å²) in [6.45, 7) is 34.0. The molecule has 4 rings (SSSR count). The lowest BCUT2D eigenvalue weighted by Gasteiger charge is -2.54. The molecule has 0 spiro atoms. The predicted octanol–water partition coefficient (Wildman–Crippen LogP) is 8.93. The number of carbonyl (C=O) groups excluding carboxylic acids is 1. The van der Waals surface area contributed by atoms with E-state index in [4.69, 9.17) is 27.7 Å². The monoisotopic (exact) mass is 771 g/mol. The van der Waals surface area contributed by atoms with Crippen LogP contribution >= 0.6 is 11.8 Å². The lowest BCUT2D eigenvalue weighted by atomic mass is 9.91. The molecule has 2 heterocycles. The normalized spacial score (nSPS) is 25.0. The molecule has 2 aliphatic rings. The Bertz CT molecular complexity index is 1480. The van der Waals surface area contributed by atoms with E-state index in [-0.39, 0.29) is 34.1 Å². The Morgan fingerprint density at radius 1 is 0.784 bits per heavy atom. The number of carbonyl (C=O) groups is 1. The minimum absolute atomic E-state index is 0.0525. The largest absolute Gasteiger partial charge is 0.466 e. The number of nitrogens with zero attached hydrogens (tertiary/aromatic N) is 1. The Balaban J connectivity index is 1.95. The van der Waals surface area contributed by atoms with Gasteiger partial charge in [0, 0.05) is 0 Å². The maximum Gasteiger partial charge on any atom is 0.309 e. The van der Waals surface area contributed by atoms with E-state index in [0.29, 0.717) is 6.61 Å². The van der Waals surface area contributed by atoms with Crippen LogP contribution in [0.1, 0.15) is 82.6 Å². The van der Waals surface area contributed by atoms with Crippen LogP contribution in [0.25, 0.3) is 0 Å². The molecular weight excluding hydrogens is 707 g/mol. The van der Waals surface area contributed by atoms with Crippen LogP contribution in [0.2, 0.25) is 41.3 Å². The maximum atomic E-state index is 13.4. The topological polar surface area (TPSA) is 75.6 Å². The smallest absolute Gasteiger partial charge is 0.309 e. The fraction of sp³-hybridized carbons (Fsp3) is 0.650. The fourth-order valence-electron chi connectivity index (χ4n) is 6.76. The molecule has 0 N–H and O–H groups in total. The Kier molecular flexibility index (Phi) is 12.6. The third-order valence-corrected chi connectivity index (χ3v) is 26.7. The lowest BCUT2D eigenvalue weighted by molar-refractivity contribution is -0.196. The molecule has 0 aromatic heterocycles. The van der Waals surface area contributed by atoms with Gasteiger partial charge in [-0.25, -0.2) is 0 Å². The van der Waals surface area contributed by atoms with Crippen LogP contribution in [0.4, 0.5) is 0 Å². The number of ether oxygens (including phenoxy) is 2. The van der Waals surface area contributed by atoms with Crippen LogP contribution < -0.4 is 10.4 Å². The quantitative estimate of drug-likeness (QED) is 0.158. The summed E-state index contributed by atoms with van der Waals surface area (Å²) < 4.78 is 35.5. The Labute approximate surface area is 316 Å². The molecule has 0 saturated carbocycles. The van der Waals surface area contributed by atoms with Crippen molar-refractivity contribution in [1.29, 1.82) is 0 Å². The first kappa shape index (κ1) is 42.2. The van der Waals surface area contributed by atoms with Crippen LogP contribution in [0.3, 0.4) is 0 Å². The highest BCUT2D eigenvalue weighted by Gasteiger charge is 2.63. The van der Waals surface area contributed by atoms with Gasteiger partial charge in [-0.15, -0.1) is 0 Å². The van der Waals surface area contributed by atoms with E-state index in [1.54, 1.807) is 0 Å². The number of benzene rings is 2. The predicted molar refractivity (Wildman–Crippen MR) is 221 cm³/mol. The molecule has 7 nitrogen and oxygen atoms in total. The number of rotatable bonds is 12. The molecule has 5 atom stereocenters. The van der Waals surface area contributed by atoms with E-state index in [9.17, 15) is 4.79 Å². The molecule has 11 heteroatoms. The highest BCUT2D eigenvalue weighted by Crippen LogP contribution is 2.53. The molecule has 0 radical (unpaired) electrons. The molecule has 2 aromatic rings. The Morgan fingerprint density at radius 3 is 1.69 bits per heavy atom. The zero-order valence-corrected chi connectivity index (χ0v) is 37.8. The fourth-order valence-corrected chi connectivity index (χ4v) is 15.3. The van der Waals surface area contributed by atoms with Crippen LogP contribution in [-0.2, 0) is 27.5 Å². The van der Waals surface area contributed by atoms with E-state index in [0.717, 1.165) is 5.04 Å². The minimum Gasteiger partial charge on any atom is -0.466 e. The van der Waals surface area contributed by atoms with Crippen molar-refractivity contribution in [1.82, 2.24) is 0 Å².